The Bertz CT molecular complexity index is 281. The fourth-order valence-electron chi connectivity index (χ4n) is 0.788. The molecule has 0 heterocycles. The van der Waals surface area contributed by atoms with E-state index >= 15 is 0 Å². The number of halogens is 1. The molecule has 0 unspecified atom stereocenters. The van der Waals surface area contributed by atoms with E-state index in [1.807, 2.05) is 0 Å². The van der Waals surface area contributed by atoms with E-state index in [9.17, 15) is 19.2 Å². The van der Waals surface area contributed by atoms with Gasteiger partial charge in [-0.15, -0.1) is 11.6 Å². The number of rotatable bonds is 6. The normalized spacial score (nSPS) is 9.75. The standard InChI is InChI=1S/C9H11ClO6/c1-15-7(13)3-5(11)9(10)6(12)4-8(14)16-2/h9H,3-4H2,1-2H3. The van der Waals surface area contributed by atoms with Gasteiger partial charge in [0.1, 0.15) is 12.8 Å². The fourth-order valence-corrected chi connectivity index (χ4v) is 0.942. The maximum absolute atomic E-state index is 11.2. The summed E-state index contributed by atoms with van der Waals surface area (Å²) in [4.78, 5) is 43.9. The molecule has 0 aliphatic rings. The number of Topliss-reactive ketones (excluding diaryl/α,β-unsaturated/α-hetero) is 2. The number of alkyl halides is 1. The first kappa shape index (κ1) is 14.6. The van der Waals surface area contributed by atoms with Crippen molar-refractivity contribution in [3.05, 3.63) is 0 Å². The Balaban J connectivity index is 4.27. The summed E-state index contributed by atoms with van der Waals surface area (Å²) in [6.07, 6.45) is -1.20. The minimum Gasteiger partial charge on any atom is -0.469 e. The van der Waals surface area contributed by atoms with Gasteiger partial charge in [0.15, 0.2) is 16.9 Å². The van der Waals surface area contributed by atoms with E-state index in [0.717, 1.165) is 14.2 Å². The van der Waals surface area contributed by atoms with Gasteiger partial charge in [-0.2, -0.15) is 0 Å². The smallest absolute Gasteiger partial charge is 0.313 e. The molecule has 0 aromatic rings. The quantitative estimate of drug-likeness (QED) is 0.370. The number of esters is 2. The third kappa shape index (κ3) is 4.88. The second kappa shape index (κ2) is 6.95. The summed E-state index contributed by atoms with van der Waals surface area (Å²) >= 11 is 5.47. The minimum absolute atomic E-state index is 0.600. The van der Waals surface area contributed by atoms with Crippen LogP contribution in [0.15, 0.2) is 0 Å². The molecule has 16 heavy (non-hydrogen) atoms. The predicted octanol–water partition coefficient (Wildman–Crippen LogP) is -0.142. The van der Waals surface area contributed by atoms with Gasteiger partial charge in [0.05, 0.1) is 14.2 Å². The van der Waals surface area contributed by atoms with Crippen LogP contribution in [0.25, 0.3) is 0 Å². The van der Waals surface area contributed by atoms with Crippen LogP contribution in [0.3, 0.4) is 0 Å². The molecular formula is C9H11ClO6. The van der Waals surface area contributed by atoms with E-state index in [4.69, 9.17) is 11.6 Å². The van der Waals surface area contributed by atoms with Crippen molar-refractivity contribution in [2.75, 3.05) is 14.2 Å². The molecule has 0 aromatic heterocycles. The molecule has 0 aliphatic carbocycles. The summed E-state index contributed by atoms with van der Waals surface area (Å²) in [5, 5.41) is -1.53. The largest absolute Gasteiger partial charge is 0.469 e. The lowest BCUT2D eigenvalue weighted by atomic mass is 10.1. The molecule has 0 spiro atoms. The van der Waals surface area contributed by atoms with Crippen molar-refractivity contribution in [2.45, 2.75) is 18.2 Å². The zero-order valence-corrected chi connectivity index (χ0v) is 9.57. The Labute approximate surface area is 96.8 Å². The van der Waals surface area contributed by atoms with Crippen LogP contribution in [-0.4, -0.2) is 43.1 Å². The molecule has 0 rings (SSSR count). The molecule has 0 radical (unpaired) electrons. The second-order valence-corrected chi connectivity index (χ2v) is 3.24. The van der Waals surface area contributed by atoms with E-state index in [2.05, 4.69) is 9.47 Å². The molecule has 0 bridgehead atoms. The summed E-state index contributed by atoms with van der Waals surface area (Å²) < 4.78 is 8.46. The second-order valence-electron chi connectivity index (χ2n) is 2.80. The van der Waals surface area contributed by atoms with Gasteiger partial charge in [0.25, 0.3) is 0 Å². The van der Waals surface area contributed by atoms with Crippen molar-refractivity contribution in [2.24, 2.45) is 0 Å². The van der Waals surface area contributed by atoms with Crippen LogP contribution in [-0.2, 0) is 28.7 Å². The third-order valence-electron chi connectivity index (χ3n) is 1.66. The average Bonchev–Trinajstić information content (AvgIpc) is 2.27. The van der Waals surface area contributed by atoms with Crippen LogP contribution in [0.1, 0.15) is 12.8 Å². The summed E-state index contributed by atoms with van der Waals surface area (Å²) in [5.41, 5.74) is 0. The lowest BCUT2D eigenvalue weighted by Crippen LogP contribution is -2.28. The minimum atomic E-state index is -1.53. The van der Waals surface area contributed by atoms with Crippen molar-refractivity contribution < 1.29 is 28.7 Å². The summed E-state index contributed by atoms with van der Waals surface area (Å²) in [6.45, 7) is 0. The number of carbonyl (C=O) groups excluding carboxylic acids is 4. The molecular weight excluding hydrogens is 240 g/mol. The Hall–Kier alpha value is -1.43. The molecule has 0 aliphatic heterocycles. The molecule has 0 saturated heterocycles. The summed E-state index contributed by atoms with van der Waals surface area (Å²) in [6, 6.07) is 0. The third-order valence-corrected chi connectivity index (χ3v) is 2.14. The number of methoxy groups -OCH3 is 2. The highest BCUT2D eigenvalue weighted by Gasteiger charge is 2.27. The predicted molar refractivity (Wildman–Crippen MR) is 52.9 cm³/mol. The van der Waals surface area contributed by atoms with Gasteiger partial charge in [-0.1, -0.05) is 0 Å². The van der Waals surface area contributed by atoms with Crippen LogP contribution in [0.2, 0.25) is 0 Å². The zero-order chi connectivity index (χ0) is 12.7. The molecule has 0 aromatic carbocycles. The average molecular weight is 251 g/mol. The van der Waals surface area contributed by atoms with E-state index in [0.29, 0.717) is 0 Å². The first-order valence-electron chi connectivity index (χ1n) is 4.25. The van der Waals surface area contributed by atoms with E-state index < -0.39 is 41.7 Å². The van der Waals surface area contributed by atoms with Gasteiger partial charge in [0.2, 0.25) is 0 Å². The van der Waals surface area contributed by atoms with Crippen molar-refractivity contribution in [1.82, 2.24) is 0 Å². The van der Waals surface area contributed by atoms with Crippen LogP contribution >= 0.6 is 11.6 Å². The summed E-state index contributed by atoms with van der Waals surface area (Å²) in [7, 11) is 2.21. The lowest BCUT2D eigenvalue weighted by Gasteiger charge is -2.05. The molecule has 0 amide bonds. The van der Waals surface area contributed by atoms with Gasteiger partial charge in [-0.25, -0.2) is 0 Å². The van der Waals surface area contributed by atoms with Gasteiger partial charge in [-0.3, -0.25) is 19.2 Å². The molecule has 7 heteroatoms. The monoisotopic (exact) mass is 250 g/mol. The molecule has 0 N–H and O–H groups in total. The van der Waals surface area contributed by atoms with Gasteiger partial charge >= 0.3 is 11.9 Å². The van der Waals surface area contributed by atoms with E-state index in [1.165, 1.54) is 0 Å². The van der Waals surface area contributed by atoms with E-state index in [-0.39, 0.29) is 0 Å². The number of carbonyl (C=O) groups is 4. The molecule has 90 valence electrons. The van der Waals surface area contributed by atoms with Crippen LogP contribution in [0.5, 0.6) is 0 Å². The highest BCUT2D eigenvalue weighted by Crippen LogP contribution is 2.06. The first-order valence-corrected chi connectivity index (χ1v) is 4.69. The topological polar surface area (TPSA) is 86.7 Å². The highest BCUT2D eigenvalue weighted by atomic mass is 35.5. The highest BCUT2D eigenvalue weighted by molar-refractivity contribution is 6.43. The van der Waals surface area contributed by atoms with Crippen molar-refractivity contribution in [3.63, 3.8) is 0 Å². The Morgan fingerprint density at radius 2 is 1.25 bits per heavy atom. The molecule has 0 fully saturated rings. The number of hydrogen-bond donors (Lipinski definition) is 0. The Kier molecular flexibility index (Phi) is 6.32. The first-order chi connectivity index (χ1) is 7.42. The summed E-state index contributed by atoms with van der Waals surface area (Å²) in [5.74, 6) is -3.19. The number of ketones is 2. The maximum Gasteiger partial charge on any atom is 0.313 e. The van der Waals surface area contributed by atoms with Crippen molar-refractivity contribution >= 4 is 35.1 Å². The molecule has 0 saturated carbocycles. The number of hydrogen-bond acceptors (Lipinski definition) is 6. The van der Waals surface area contributed by atoms with Crippen LogP contribution in [0.4, 0.5) is 0 Å². The molecule has 0 atom stereocenters. The Morgan fingerprint density at radius 3 is 1.50 bits per heavy atom. The Morgan fingerprint density at radius 1 is 0.938 bits per heavy atom. The van der Waals surface area contributed by atoms with E-state index in [1.54, 1.807) is 0 Å². The van der Waals surface area contributed by atoms with Gasteiger partial charge in [-0.05, 0) is 0 Å². The van der Waals surface area contributed by atoms with Crippen LogP contribution in [0, 0.1) is 0 Å². The molecule has 6 nitrogen and oxygen atoms in total. The maximum atomic E-state index is 11.2. The lowest BCUT2D eigenvalue weighted by molar-refractivity contribution is -0.143. The number of ether oxygens (including phenoxy) is 2. The zero-order valence-electron chi connectivity index (χ0n) is 8.82. The fraction of sp³-hybridized carbons (Fsp3) is 0.556. The van der Waals surface area contributed by atoms with Crippen molar-refractivity contribution in [3.8, 4) is 0 Å². The van der Waals surface area contributed by atoms with Crippen LogP contribution < -0.4 is 0 Å². The van der Waals surface area contributed by atoms with Gasteiger partial charge < -0.3 is 9.47 Å². The van der Waals surface area contributed by atoms with Gasteiger partial charge in [0, 0.05) is 0 Å². The van der Waals surface area contributed by atoms with Crippen molar-refractivity contribution in [1.29, 1.82) is 0 Å². The SMILES string of the molecule is COC(=O)CC(=O)C(Cl)C(=O)CC(=O)OC.